The maximum Gasteiger partial charge on any atom is 0.309 e. The second kappa shape index (κ2) is 6.73. The molecule has 0 aromatic rings. The molecule has 3 fully saturated rings. The van der Waals surface area contributed by atoms with E-state index >= 15 is 0 Å². The molecule has 5 rings (SSSR count). The molecule has 0 spiro atoms. The Bertz CT molecular complexity index is 1130. The zero-order valence-corrected chi connectivity index (χ0v) is 21.4. The van der Waals surface area contributed by atoms with Crippen LogP contribution >= 0.6 is 0 Å². The molecule has 0 saturated heterocycles. The number of hydrogen-bond donors (Lipinski definition) is 2. The van der Waals surface area contributed by atoms with E-state index in [1.807, 2.05) is 6.92 Å². The molecule has 0 heterocycles. The number of carbonyl (C=O) groups is 3. The van der Waals surface area contributed by atoms with Crippen LogP contribution in [0.4, 0.5) is 0 Å². The number of fused-ring (bicyclic) bond motifs is 7. The molecule has 34 heavy (non-hydrogen) atoms. The van der Waals surface area contributed by atoms with Gasteiger partial charge in [0.2, 0.25) is 5.78 Å². The van der Waals surface area contributed by atoms with Crippen LogP contribution in [0.1, 0.15) is 86.5 Å². The standard InChI is InChI=1S/C29H38O5/c1-16-17-13-20(31)23-27(4,18(17)14-19(30)22(16)32)10-12-28(5)21-15-26(3,24(33)34)8-7-25(21,2)9-11-29(23,28)6/h13-14,21,23,32H,7-12,15H2,1-6H3,(H,33,34)/t21?,23?,25-,26-,27+,28+,29-/m1/s1. The molecular formula is C29H38O5. The summed E-state index contributed by atoms with van der Waals surface area (Å²) < 4.78 is 0. The average Bonchev–Trinajstić information content (AvgIpc) is 2.76. The molecule has 5 aliphatic rings. The van der Waals surface area contributed by atoms with Crippen molar-refractivity contribution in [3.8, 4) is 0 Å². The van der Waals surface area contributed by atoms with Crippen LogP contribution in [0.25, 0.3) is 0 Å². The van der Waals surface area contributed by atoms with Crippen LogP contribution in [-0.4, -0.2) is 27.7 Å². The topological polar surface area (TPSA) is 91.7 Å². The van der Waals surface area contributed by atoms with Gasteiger partial charge >= 0.3 is 5.97 Å². The van der Waals surface area contributed by atoms with Gasteiger partial charge in [0.05, 0.1) is 5.41 Å². The number of hydrogen-bond acceptors (Lipinski definition) is 4. The van der Waals surface area contributed by atoms with E-state index in [-0.39, 0.29) is 45.4 Å². The molecule has 2 unspecified atom stereocenters. The number of rotatable bonds is 1. The van der Waals surface area contributed by atoms with Gasteiger partial charge in [-0.25, -0.2) is 0 Å². The number of carboxylic acids is 1. The first-order valence-electron chi connectivity index (χ1n) is 12.8. The third-order valence-corrected chi connectivity index (χ3v) is 11.7. The summed E-state index contributed by atoms with van der Waals surface area (Å²) in [7, 11) is 0. The van der Waals surface area contributed by atoms with E-state index in [0.29, 0.717) is 24.0 Å². The molecule has 184 valence electrons. The lowest BCUT2D eigenvalue weighted by molar-refractivity contribution is -0.215. The molecule has 7 atom stereocenters. The lowest BCUT2D eigenvalue weighted by atomic mass is 9.32. The van der Waals surface area contributed by atoms with Crippen molar-refractivity contribution in [3.05, 3.63) is 34.6 Å². The molecule has 3 saturated carbocycles. The number of carboxylic acid groups (broad SMARTS) is 1. The third-order valence-electron chi connectivity index (χ3n) is 11.7. The van der Waals surface area contributed by atoms with Gasteiger partial charge in [0.15, 0.2) is 11.5 Å². The van der Waals surface area contributed by atoms with Crippen LogP contribution in [0.15, 0.2) is 34.6 Å². The summed E-state index contributed by atoms with van der Waals surface area (Å²) in [6.45, 7) is 12.7. The second-order valence-electron chi connectivity index (χ2n) is 13.3. The number of allylic oxidation sites excluding steroid dienone is 5. The molecule has 0 bridgehead atoms. The van der Waals surface area contributed by atoms with Crippen molar-refractivity contribution < 1.29 is 24.6 Å². The Morgan fingerprint density at radius 2 is 1.53 bits per heavy atom. The van der Waals surface area contributed by atoms with Gasteiger partial charge in [0.25, 0.3) is 0 Å². The highest BCUT2D eigenvalue weighted by molar-refractivity contribution is 6.09. The van der Waals surface area contributed by atoms with E-state index in [9.17, 15) is 24.6 Å². The number of aliphatic hydroxyl groups excluding tert-OH is 1. The summed E-state index contributed by atoms with van der Waals surface area (Å²) in [6, 6.07) is 0. The largest absolute Gasteiger partial charge is 0.504 e. The van der Waals surface area contributed by atoms with Gasteiger partial charge in [0.1, 0.15) is 0 Å². The first-order valence-corrected chi connectivity index (χ1v) is 12.8. The van der Waals surface area contributed by atoms with Crippen LogP contribution in [0.2, 0.25) is 0 Å². The minimum absolute atomic E-state index is 0.0842. The monoisotopic (exact) mass is 466 g/mol. The minimum Gasteiger partial charge on any atom is -0.504 e. The Morgan fingerprint density at radius 1 is 0.912 bits per heavy atom. The Kier molecular flexibility index (Phi) is 4.67. The van der Waals surface area contributed by atoms with E-state index < -0.39 is 16.8 Å². The number of aliphatic carboxylic acids is 1. The Balaban J connectivity index is 1.65. The van der Waals surface area contributed by atoms with Crippen LogP contribution in [0.3, 0.4) is 0 Å². The lowest BCUT2D eigenvalue weighted by Crippen LogP contribution is -2.66. The molecule has 5 aliphatic carbocycles. The summed E-state index contributed by atoms with van der Waals surface area (Å²) in [5.74, 6) is -1.30. The van der Waals surface area contributed by atoms with Gasteiger partial charge in [-0.1, -0.05) is 27.7 Å². The first kappa shape index (κ1) is 23.6. The zero-order valence-electron chi connectivity index (χ0n) is 21.4. The van der Waals surface area contributed by atoms with Crippen molar-refractivity contribution in [1.29, 1.82) is 0 Å². The average molecular weight is 467 g/mol. The van der Waals surface area contributed by atoms with Crippen molar-refractivity contribution in [3.63, 3.8) is 0 Å². The van der Waals surface area contributed by atoms with Crippen LogP contribution in [0, 0.1) is 38.9 Å². The number of carbonyl (C=O) groups excluding carboxylic acids is 2. The number of aliphatic hydroxyl groups is 1. The van der Waals surface area contributed by atoms with E-state index in [1.54, 1.807) is 19.1 Å². The van der Waals surface area contributed by atoms with Crippen molar-refractivity contribution >= 4 is 17.5 Å². The fourth-order valence-corrected chi connectivity index (χ4v) is 9.15. The molecule has 0 aromatic carbocycles. The van der Waals surface area contributed by atoms with Gasteiger partial charge < -0.3 is 10.2 Å². The van der Waals surface area contributed by atoms with Gasteiger partial charge in [-0.2, -0.15) is 0 Å². The summed E-state index contributed by atoms with van der Waals surface area (Å²) in [4.78, 5) is 38.8. The highest BCUT2D eigenvalue weighted by Gasteiger charge is 2.70. The SMILES string of the molecule is CC1=C(O)C(=O)C=C2C1=CC(=O)C1[C@@]2(C)CC[C@@]2(C)C3C[C@](C)(C(=O)O)CC[C@]3(C)CC[C@]12C. The van der Waals surface area contributed by atoms with E-state index in [4.69, 9.17) is 0 Å². The molecular weight excluding hydrogens is 428 g/mol. The molecule has 2 N–H and O–H groups in total. The molecule has 0 aromatic heterocycles. The molecule has 0 radical (unpaired) electrons. The second-order valence-corrected chi connectivity index (χ2v) is 13.3. The van der Waals surface area contributed by atoms with Gasteiger partial charge in [-0.15, -0.1) is 0 Å². The molecule has 0 amide bonds. The summed E-state index contributed by atoms with van der Waals surface area (Å²) in [6.07, 6.45) is 9.10. The fraction of sp³-hybridized carbons (Fsp3) is 0.690. The molecule has 5 nitrogen and oxygen atoms in total. The van der Waals surface area contributed by atoms with Crippen molar-refractivity contribution in [2.45, 2.75) is 86.5 Å². The summed E-state index contributed by atoms with van der Waals surface area (Å²) in [5.41, 5.74) is 0.503. The fourth-order valence-electron chi connectivity index (χ4n) is 9.15. The van der Waals surface area contributed by atoms with Crippen molar-refractivity contribution in [2.24, 2.45) is 38.9 Å². The van der Waals surface area contributed by atoms with E-state index in [1.165, 1.54) is 0 Å². The van der Waals surface area contributed by atoms with Crippen molar-refractivity contribution in [2.75, 3.05) is 0 Å². The van der Waals surface area contributed by atoms with Crippen LogP contribution in [0.5, 0.6) is 0 Å². The minimum atomic E-state index is -0.729. The molecule has 5 heteroatoms. The first-order chi connectivity index (χ1) is 15.6. The normalized spacial score (nSPS) is 48.2. The predicted octanol–water partition coefficient (Wildman–Crippen LogP) is 5.96. The van der Waals surface area contributed by atoms with Crippen LogP contribution < -0.4 is 0 Å². The quantitative estimate of drug-likeness (QED) is 0.498. The predicted molar refractivity (Wildman–Crippen MR) is 129 cm³/mol. The van der Waals surface area contributed by atoms with E-state index in [0.717, 1.165) is 37.7 Å². The summed E-state index contributed by atoms with van der Waals surface area (Å²) >= 11 is 0. The zero-order chi connectivity index (χ0) is 25.1. The maximum atomic E-state index is 13.9. The molecule has 0 aliphatic heterocycles. The third kappa shape index (κ3) is 2.64. The highest BCUT2D eigenvalue weighted by atomic mass is 16.4. The highest BCUT2D eigenvalue weighted by Crippen LogP contribution is 2.75. The van der Waals surface area contributed by atoms with Crippen molar-refractivity contribution in [1.82, 2.24) is 0 Å². The Hall–Kier alpha value is -2.17. The van der Waals surface area contributed by atoms with Crippen LogP contribution in [-0.2, 0) is 14.4 Å². The lowest BCUT2D eigenvalue weighted by Gasteiger charge is -2.71. The Labute approximate surface area is 202 Å². The maximum absolute atomic E-state index is 13.9. The van der Waals surface area contributed by atoms with Gasteiger partial charge in [-0.05, 0) is 104 Å². The van der Waals surface area contributed by atoms with Gasteiger partial charge in [0, 0.05) is 16.9 Å². The van der Waals surface area contributed by atoms with E-state index in [2.05, 4.69) is 27.7 Å². The number of ketones is 2. The smallest absolute Gasteiger partial charge is 0.309 e. The van der Waals surface area contributed by atoms with Gasteiger partial charge in [-0.3, -0.25) is 14.4 Å². The Morgan fingerprint density at radius 3 is 2.18 bits per heavy atom. The summed E-state index contributed by atoms with van der Waals surface area (Å²) in [5, 5.41) is 20.3.